The van der Waals surface area contributed by atoms with Crippen LogP contribution < -0.4 is 5.32 Å². The summed E-state index contributed by atoms with van der Waals surface area (Å²) in [4.78, 5) is 22.6. The molecule has 0 radical (unpaired) electrons. The minimum atomic E-state index is -0.702. The molecule has 1 amide bonds. The van der Waals surface area contributed by atoms with Crippen molar-refractivity contribution < 1.29 is 18.7 Å². The highest BCUT2D eigenvalue weighted by molar-refractivity contribution is 6.36. The first kappa shape index (κ1) is 20.0. The molecule has 4 nitrogen and oxygen atoms in total. The average Bonchev–Trinajstić information content (AvgIpc) is 2.41. The normalized spacial score (nSPS) is 9.71. The number of unbranched alkanes of at least 4 members (excludes halogenated alkanes) is 1. The minimum absolute atomic E-state index is 0. The molecule has 0 aliphatic carbocycles. The van der Waals surface area contributed by atoms with E-state index in [1.165, 1.54) is 13.2 Å². The van der Waals surface area contributed by atoms with Crippen LogP contribution in [0.25, 0.3) is 0 Å². The molecule has 0 fully saturated rings. The second kappa shape index (κ2) is 9.82. The van der Waals surface area contributed by atoms with Gasteiger partial charge in [0.25, 0.3) is 5.91 Å². The Balaban J connectivity index is 0.00000400. The van der Waals surface area contributed by atoms with Crippen LogP contribution in [0, 0.1) is 5.82 Å². The summed E-state index contributed by atoms with van der Waals surface area (Å²) in [6.07, 6.45) is 1.49. The molecule has 0 bridgehead atoms. The van der Waals surface area contributed by atoms with E-state index in [1.54, 1.807) is 0 Å². The van der Waals surface area contributed by atoms with Crippen LogP contribution in [0.1, 0.15) is 29.6 Å². The highest BCUT2D eigenvalue weighted by Gasteiger charge is 2.13. The Morgan fingerprint density at radius 3 is 2.52 bits per heavy atom. The third kappa shape index (κ3) is 6.50. The van der Waals surface area contributed by atoms with Crippen LogP contribution >= 0.6 is 35.6 Å². The van der Waals surface area contributed by atoms with Gasteiger partial charge in [-0.25, -0.2) is 4.39 Å². The van der Waals surface area contributed by atoms with Crippen molar-refractivity contribution in [3.05, 3.63) is 33.6 Å². The predicted octanol–water partition coefficient (Wildman–Crippen LogP) is 3.63. The van der Waals surface area contributed by atoms with Crippen LogP contribution in [-0.4, -0.2) is 25.5 Å². The lowest BCUT2D eigenvalue weighted by Gasteiger charge is -2.07. The van der Waals surface area contributed by atoms with Crippen molar-refractivity contribution >= 4 is 47.5 Å². The Labute approximate surface area is 138 Å². The number of rotatable bonds is 6. The minimum Gasteiger partial charge on any atom is -0.469 e. The van der Waals surface area contributed by atoms with Crippen molar-refractivity contribution in [2.75, 3.05) is 13.7 Å². The van der Waals surface area contributed by atoms with E-state index >= 15 is 0 Å². The molecule has 1 N–H and O–H groups in total. The summed E-state index contributed by atoms with van der Waals surface area (Å²) < 4.78 is 17.8. The highest BCUT2D eigenvalue weighted by Crippen LogP contribution is 2.24. The standard InChI is InChI=1S/C13H14Cl2FNO3.ClH/c1-20-12(18)4-2-3-5-17-13(19)8-6-11(16)10(15)7-9(8)14;/h6-7H,2-5H2,1H3,(H,17,19);1H. The SMILES string of the molecule is COC(=O)CCCCNC(=O)c1cc(F)c(Cl)cc1Cl.Cl. The second-order valence-electron chi connectivity index (χ2n) is 4.04. The number of hydrogen-bond acceptors (Lipinski definition) is 3. The van der Waals surface area contributed by atoms with Gasteiger partial charge in [0.2, 0.25) is 0 Å². The zero-order valence-electron chi connectivity index (χ0n) is 11.3. The number of methoxy groups -OCH3 is 1. The molecule has 0 unspecified atom stereocenters. The van der Waals surface area contributed by atoms with E-state index in [0.29, 0.717) is 25.8 Å². The molecule has 0 saturated heterocycles. The van der Waals surface area contributed by atoms with Gasteiger partial charge in [-0.05, 0) is 25.0 Å². The Bertz CT molecular complexity index is 512. The van der Waals surface area contributed by atoms with Crippen LogP contribution in [0.15, 0.2) is 12.1 Å². The fraction of sp³-hybridized carbons (Fsp3) is 0.385. The third-order valence-corrected chi connectivity index (χ3v) is 3.18. The first-order valence-electron chi connectivity index (χ1n) is 5.95. The quantitative estimate of drug-likeness (QED) is 0.480. The van der Waals surface area contributed by atoms with Gasteiger partial charge in [0.15, 0.2) is 0 Å². The summed E-state index contributed by atoms with van der Waals surface area (Å²) in [5, 5.41) is 2.54. The number of ether oxygens (including phenoxy) is 1. The zero-order chi connectivity index (χ0) is 15.1. The average molecular weight is 359 g/mol. The largest absolute Gasteiger partial charge is 0.469 e. The number of amides is 1. The Morgan fingerprint density at radius 2 is 1.90 bits per heavy atom. The van der Waals surface area contributed by atoms with Gasteiger partial charge in [0.1, 0.15) is 5.82 Å². The number of carbonyl (C=O) groups is 2. The van der Waals surface area contributed by atoms with Crippen molar-refractivity contribution in [1.82, 2.24) is 5.32 Å². The Morgan fingerprint density at radius 1 is 1.24 bits per heavy atom. The summed E-state index contributed by atoms with van der Waals surface area (Å²) in [6.45, 7) is 0.358. The molecule has 0 aromatic heterocycles. The van der Waals surface area contributed by atoms with Gasteiger partial charge in [-0.3, -0.25) is 9.59 Å². The van der Waals surface area contributed by atoms with E-state index in [0.717, 1.165) is 6.07 Å². The van der Waals surface area contributed by atoms with E-state index in [-0.39, 0.29) is 34.0 Å². The molecule has 0 spiro atoms. The Kier molecular flexibility index (Phi) is 9.33. The molecule has 0 atom stereocenters. The maximum atomic E-state index is 13.3. The number of halogens is 4. The van der Waals surface area contributed by atoms with Gasteiger partial charge in [-0.1, -0.05) is 23.2 Å². The monoisotopic (exact) mass is 357 g/mol. The Hall–Kier alpha value is -1.04. The molecule has 8 heteroatoms. The fourth-order valence-corrected chi connectivity index (χ4v) is 1.96. The van der Waals surface area contributed by atoms with Crippen molar-refractivity contribution in [1.29, 1.82) is 0 Å². The van der Waals surface area contributed by atoms with Gasteiger partial charge in [-0.2, -0.15) is 0 Å². The van der Waals surface area contributed by atoms with Crippen LogP contribution in [0.4, 0.5) is 4.39 Å². The van der Waals surface area contributed by atoms with E-state index in [1.807, 2.05) is 0 Å². The highest BCUT2D eigenvalue weighted by atomic mass is 35.5. The summed E-state index contributed by atoms with van der Waals surface area (Å²) in [5.74, 6) is -1.48. The number of hydrogen-bond donors (Lipinski definition) is 1. The third-order valence-electron chi connectivity index (χ3n) is 2.58. The smallest absolute Gasteiger partial charge is 0.305 e. The van der Waals surface area contributed by atoms with E-state index in [9.17, 15) is 14.0 Å². The second-order valence-corrected chi connectivity index (χ2v) is 4.85. The van der Waals surface area contributed by atoms with Crippen molar-refractivity contribution in [3.8, 4) is 0 Å². The number of carbonyl (C=O) groups excluding carboxylic acids is 2. The van der Waals surface area contributed by atoms with Crippen molar-refractivity contribution in [3.63, 3.8) is 0 Å². The fourth-order valence-electron chi connectivity index (χ4n) is 1.49. The number of esters is 1. The van der Waals surface area contributed by atoms with Gasteiger partial charge >= 0.3 is 5.97 Å². The summed E-state index contributed by atoms with van der Waals surface area (Å²) in [6, 6.07) is 2.18. The first-order valence-corrected chi connectivity index (χ1v) is 6.71. The zero-order valence-corrected chi connectivity index (χ0v) is 13.6. The topological polar surface area (TPSA) is 55.4 Å². The lowest BCUT2D eigenvalue weighted by molar-refractivity contribution is -0.140. The van der Waals surface area contributed by atoms with E-state index < -0.39 is 11.7 Å². The molecule has 1 aromatic rings. The van der Waals surface area contributed by atoms with Crippen LogP contribution in [-0.2, 0) is 9.53 Å². The number of benzene rings is 1. The first-order chi connectivity index (χ1) is 9.45. The van der Waals surface area contributed by atoms with Gasteiger partial charge < -0.3 is 10.1 Å². The van der Waals surface area contributed by atoms with Crippen LogP contribution in [0.2, 0.25) is 10.0 Å². The van der Waals surface area contributed by atoms with Gasteiger partial charge in [0.05, 0.1) is 22.7 Å². The van der Waals surface area contributed by atoms with Gasteiger partial charge in [-0.15, -0.1) is 12.4 Å². The molecule has 0 aliphatic heterocycles. The molecule has 21 heavy (non-hydrogen) atoms. The molecule has 118 valence electrons. The maximum absolute atomic E-state index is 13.3. The molecule has 1 rings (SSSR count). The molecule has 1 aromatic carbocycles. The lowest BCUT2D eigenvalue weighted by atomic mass is 10.2. The molecule has 0 heterocycles. The summed E-state index contributed by atoms with van der Waals surface area (Å²) in [7, 11) is 1.32. The van der Waals surface area contributed by atoms with Crippen molar-refractivity contribution in [2.24, 2.45) is 0 Å². The molecule has 0 saturated carbocycles. The summed E-state index contributed by atoms with van der Waals surface area (Å²) in [5.41, 5.74) is 0.0292. The van der Waals surface area contributed by atoms with E-state index in [4.69, 9.17) is 23.2 Å². The van der Waals surface area contributed by atoms with Crippen molar-refractivity contribution in [2.45, 2.75) is 19.3 Å². The molecule has 0 aliphatic rings. The van der Waals surface area contributed by atoms with Crippen LogP contribution in [0.5, 0.6) is 0 Å². The van der Waals surface area contributed by atoms with Gasteiger partial charge in [0, 0.05) is 13.0 Å². The number of nitrogens with one attached hydrogen (secondary N) is 1. The van der Waals surface area contributed by atoms with Crippen LogP contribution in [0.3, 0.4) is 0 Å². The van der Waals surface area contributed by atoms with E-state index in [2.05, 4.69) is 10.1 Å². The lowest BCUT2D eigenvalue weighted by Crippen LogP contribution is -2.25. The molecular formula is C13H15Cl3FNO3. The summed E-state index contributed by atoms with van der Waals surface area (Å²) >= 11 is 11.4. The molecular weight excluding hydrogens is 344 g/mol. The predicted molar refractivity (Wildman–Crippen MR) is 81.9 cm³/mol. The maximum Gasteiger partial charge on any atom is 0.305 e.